The van der Waals surface area contributed by atoms with Gasteiger partial charge in [-0.15, -0.1) is 11.3 Å². The van der Waals surface area contributed by atoms with Crippen LogP contribution in [0.4, 0.5) is 5.13 Å². The third-order valence-corrected chi connectivity index (χ3v) is 5.58. The van der Waals surface area contributed by atoms with Crippen molar-refractivity contribution < 1.29 is 19.4 Å². The zero-order chi connectivity index (χ0) is 21.8. The van der Waals surface area contributed by atoms with Crippen molar-refractivity contribution in [1.29, 1.82) is 0 Å². The average molecular weight is 433 g/mol. The van der Waals surface area contributed by atoms with E-state index in [1.165, 1.54) is 22.3 Å². The van der Waals surface area contributed by atoms with Crippen LogP contribution in [-0.4, -0.2) is 28.4 Å². The van der Waals surface area contributed by atoms with Crippen molar-refractivity contribution in [3.8, 4) is 5.75 Å². The van der Waals surface area contributed by atoms with Crippen molar-refractivity contribution in [2.75, 3.05) is 11.5 Å². The predicted molar refractivity (Wildman–Crippen MR) is 120 cm³/mol. The van der Waals surface area contributed by atoms with Crippen LogP contribution in [0.15, 0.2) is 83.6 Å². The molecule has 156 valence electrons. The Morgan fingerprint density at radius 2 is 2.03 bits per heavy atom. The Bertz CT molecular complexity index is 1150. The van der Waals surface area contributed by atoms with E-state index in [1.807, 2.05) is 37.3 Å². The number of amides is 1. The molecule has 1 aliphatic rings. The second-order valence-corrected chi connectivity index (χ2v) is 7.64. The Morgan fingerprint density at radius 3 is 2.74 bits per heavy atom. The van der Waals surface area contributed by atoms with Gasteiger partial charge >= 0.3 is 0 Å². The summed E-state index contributed by atoms with van der Waals surface area (Å²) in [7, 11) is 0. The number of carbonyl (C=O) groups excluding carboxylic acids is 2. The van der Waals surface area contributed by atoms with E-state index in [4.69, 9.17) is 4.74 Å². The number of hydrogen-bond donors (Lipinski definition) is 1. The lowest BCUT2D eigenvalue weighted by atomic mass is 9.95. The average Bonchev–Trinajstić information content (AvgIpc) is 3.40. The zero-order valence-electron chi connectivity index (χ0n) is 16.8. The van der Waals surface area contributed by atoms with Gasteiger partial charge < -0.3 is 9.84 Å². The molecule has 6 nitrogen and oxygen atoms in total. The molecule has 0 fully saturated rings. The van der Waals surface area contributed by atoms with Gasteiger partial charge in [-0.05, 0) is 36.3 Å². The molecule has 4 rings (SSSR count). The molecule has 1 N–H and O–H groups in total. The summed E-state index contributed by atoms with van der Waals surface area (Å²) < 4.78 is 5.59. The second kappa shape index (κ2) is 8.97. The lowest BCUT2D eigenvalue weighted by Gasteiger charge is -2.24. The number of aliphatic hydroxyl groups is 1. The Balaban J connectivity index is 1.77. The summed E-state index contributed by atoms with van der Waals surface area (Å²) in [5.74, 6) is -1.05. The molecule has 1 aromatic heterocycles. The van der Waals surface area contributed by atoms with Gasteiger partial charge in [-0.1, -0.05) is 48.5 Å². The van der Waals surface area contributed by atoms with Crippen LogP contribution in [0.1, 0.15) is 24.1 Å². The third kappa shape index (κ3) is 4.13. The van der Waals surface area contributed by atoms with Crippen LogP contribution in [0.25, 0.3) is 6.08 Å². The molecule has 1 unspecified atom stereocenters. The summed E-state index contributed by atoms with van der Waals surface area (Å²) >= 11 is 1.26. The van der Waals surface area contributed by atoms with Crippen molar-refractivity contribution in [3.63, 3.8) is 0 Å². The van der Waals surface area contributed by atoms with E-state index in [9.17, 15) is 14.7 Å². The number of allylic oxidation sites excluding steroid dienone is 1. The topological polar surface area (TPSA) is 79.7 Å². The van der Waals surface area contributed by atoms with Gasteiger partial charge in [0.05, 0.1) is 18.2 Å². The Hall–Kier alpha value is -3.71. The standard InChI is InChI=1S/C24H20N2O4S/c1-2-30-18-10-6-9-17(15-18)21-20(19(27)12-11-16-7-4-3-5-8-16)22(28)23(29)26(21)24-25-13-14-31-24/h3-15,21,28H,2H2,1H3/b12-11+. The van der Waals surface area contributed by atoms with Gasteiger partial charge in [0.15, 0.2) is 16.7 Å². The highest BCUT2D eigenvalue weighted by Crippen LogP contribution is 2.42. The maximum Gasteiger partial charge on any atom is 0.296 e. The van der Waals surface area contributed by atoms with Crippen LogP contribution in [0.2, 0.25) is 0 Å². The minimum atomic E-state index is -0.813. The highest BCUT2D eigenvalue weighted by Gasteiger charge is 2.44. The maximum absolute atomic E-state index is 13.2. The van der Waals surface area contributed by atoms with Gasteiger partial charge in [-0.25, -0.2) is 4.98 Å². The molecular formula is C24H20N2O4S. The van der Waals surface area contributed by atoms with E-state index in [0.717, 1.165) is 5.56 Å². The van der Waals surface area contributed by atoms with E-state index in [-0.39, 0.29) is 5.57 Å². The van der Waals surface area contributed by atoms with Crippen molar-refractivity contribution in [2.45, 2.75) is 13.0 Å². The number of benzene rings is 2. The minimum absolute atomic E-state index is 0.0148. The molecule has 31 heavy (non-hydrogen) atoms. The number of rotatable bonds is 7. The molecule has 7 heteroatoms. The number of thiazole rings is 1. The summed E-state index contributed by atoms with van der Waals surface area (Å²) in [6.45, 7) is 2.36. The lowest BCUT2D eigenvalue weighted by molar-refractivity contribution is -0.117. The molecule has 1 aliphatic heterocycles. The second-order valence-electron chi connectivity index (χ2n) is 6.77. The van der Waals surface area contributed by atoms with Crippen molar-refractivity contribution in [2.24, 2.45) is 0 Å². The summed E-state index contributed by atoms with van der Waals surface area (Å²) in [5, 5.41) is 12.8. The fourth-order valence-corrected chi connectivity index (χ4v) is 4.14. The monoisotopic (exact) mass is 432 g/mol. The first-order chi connectivity index (χ1) is 15.1. The van der Waals surface area contributed by atoms with E-state index < -0.39 is 23.5 Å². The normalized spacial score (nSPS) is 16.4. The quantitative estimate of drug-likeness (QED) is 0.546. The first-order valence-corrected chi connectivity index (χ1v) is 10.6. The third-order valence-electron chi connectivity index (χ3n) is 4.81. The van der Waals surface area contributed by atoms with Crippen LogP contribution in [0.3, 0.4) is 0 Å². The van der Waals surface area contributed by atoms with Crippen molar-refractivity contribution in [1.82, 2.24) is 4.98 Å². The molecule has 0 saturated carbocycles. The molecular weight excluding hydrogens is 412 g/mol. The summed E-state index contributed by atoms with van der Waals surface area (Å²) in [6.07, 6.45) is 4.61. The molecule has 0 saturated heterocycles. The number of carbonyl (C=O) groups is 2. The largest absolute Gasteiger partial charge is 0.503 e. The van der Waals surface area contributed by atoms with Gasteiger partial charge in [0.1, 0.15) is 5.75 Å². The van der Waals surface area contributed by atoms with Crippen LogP contribution >= 0.6 is 11.3 Å². The maximum atomic E-state index is 13.2. The van der Waals surface area contributed by atoms with E-state index in [0.29, 0.717) is 23.1 Å². The number of nitrogens with zero attached hydrogens (tertiary/aromatic N) is 2. The van der Waals surface area contributed by atoms with Gasteiger partial charge in [-0.2, -0.15) is 0 Å². The summed E-state index contributed by atoms with van der Waals surface area (Å²) in [4.78, 5) is 31.7. The summed E-state index contributed by atoms with van der Waals surface area (Å²) in [6, 6.07) is 15.7. The molecule has 0 aliphatic carbocycles. The van der Waals surface area contributed by atoms with Gasteiger partial charge in [0.25, 0.3) is 5.91 Å². The van der Waals surface area contributed by atoms with E-state index in [1.54, 1.807) is 41.9 Å². The van der Waals surface area contributed by atoms with Crippen molar-refractivity contribution in [3.05, 3.63) is 94.7 Å². The minimum Gasteiger partial charge on any atom is -0.503 e. The van der Waals surface area contributed by atoms with Gasteiger partial charge in [0.2, 0.25) is 0 Å². The summed E-state index contributed by atoms with van der Waals surface area (Å²) in [5.41, 5.74) is 1.50. The fourth-order valence-electron chi connectivity index (χ4n) is 3.47. The first-order valence-electron chi connectivity index (χ1n) is 9.76. The molecule has 0 spiro atoms. The molecule has 3 aromatic rings. The highest BCUT2D eigenvalue weighted by atomic mass is 32.1. The van der Waals surface area contributed by atoms with Crippen LogP contribution in [0.5, 0.6) is 5.75 Å². The van der Waals surface area contributed by atoms with Crippen LogP contribution in [-0.2, 0) is 9.59 Å². The van der Waals surface area contributed by atoms with E-state index in [2.05, 4.69) is 4.98 Å². The lowest BCUT2D eigenvalue weighted by Crippen LogP contribution is -2.30. The Labute approximate surface area is 183 Å². The smallest absolute Gasteiger partial charge is 0.296 e. The Morgan fingerprint density at radius 1 is 1.23 bits per heavy atom. The molecule has 1 amide bonds. The van der Waals surface area contributed by atoms with Gasteiger partial charge in [-0.3, -0.25) is 14.5 Å². The van der Waals surface area contributed by atoms with Gasteiger partial charge in [0, 0.05) is 11.6 Å². The molecule has 0 radical (unpaired) electrons. The van der Waals surface area contributed by atoms with Crippen molar-refractivity contribution >= 4 is 34.2 Å². The highest BCUT2D eigenvalue weighted by molar-refractivity contribution is 7.13. The number of hydrogen-bond acceptors (Lipinski definition) is 6. The van der Waals surface area contributed by atoms with Crippen LogP contribution in [0, 0.1) is 0 Å². The number of ether oxygens (including phenoxy) is 1. The molecule has 2 heterocycles. The number of anilines is 1. The molecule has 1 atom stereocenters. The fraction of sp³-hybridized carbons (Fsp3) is 0.125. The number of aliphatic hydroxyl groups excluding tert-OH is 1. The Kier molecular flexibility index (Phi) is 5.95. The SMILES string of the molecule is CCOc1cccc(C2C(C(=O)/C=C/c3ccccc3)=C(O)C(=O)N2c2nccs2)c1. The number of aromatic nitrogens is 1. The molecule has 2 aromatic carbocycles. The number of ketones is 1. The first kappa shape index (κ1) is 20.6. The molecule has 0 bridgehead atoms. The van der Waals surface area contributed by atoms with E-state index >= 15 is 0 Å². The zero-order valence-corrected chi connectivity index (χ0v) is 17.6. The predicted octanol–water partition coefficient (Wildman–Crippen LogP) is 4.72. The van der Waals surface area contributed by atoms with Crippen LogP contribution < -0.4 is 9.64 Å².